The van der Waals surface area contributed by atoms with E-state index in [9.17, 15) is 43.8 Å². The van der Waals surface area contributed by atoms with E-state index in [0.29, 0.717) is 36.9 Å². The minimum absolute atomic E-state index is 0.00330. The summed E-state index contributed by atoms with van der Waals surface area (Å²) in [6.45, 7) is 12.2. The van der Waals surface area contributed by atoms with E-state index in [1.807, 2.05) is 13.8 Å². The van der Waals surface area contributed by atoms with Crippen LogP contribution in [0.15, 0.2) is 36.8 Å². The molecule has 0 aliphatic carbocycles. The highest BCUT2D eigenvalue weighted by molar-refractivity contribution is 5.97. The van der Waals surface area contributed by atoms with Gasteiger partial charge in [0.15, 0.2) is 0 Å². The first kappa shape index (κ1) is 46.9. The summed E-state index contributed by atoms with van der Waals surface area (Å²) in [6, 6.07) is -1.68. The van der Waals surface area contributed by atoms with Crippen LogP contribution in [0.1, 0.15) is 85.4 Å². The summed E-state index contributed by atoms with van der Waals surface area (Å²) < 4.78 is 0. The molecular weight excluding hydrogens is 750 g/mol. The van der Waals surface area contributed by atoms with Gasteiger partial charge in [-0.2, -0.15) is 0 Å². The number of nitrogens with zero attached hydrogens (tertiary/aromatic N) is 2. The lowest BCUT2D eigenvalue weighted by molar-refractivity contribution is -0.146. The van der Waals surface area contributed by atoms with E-state index in [1.54, 1.807) is 39.8 Å². The van der Waals surface area contributed by atoms with Crippen molar-refractivity contribution >= 4 is 41.4 Å². The number of hydrogen-bond acceptors (Lipinski definition) is 10. The summed E-state index contributed by atoms with van der Waals surface area (Å²) in [5.41, 5.74) is 6.82. The van der Waals surface area contributed by atoms with Gasteiger partial charge in [-0.05, 0) is 55.2 Å². The van der Waals surface area contributed by atoms with Crippen molar-refractivity contribution in [3.05, 3.63) is 48.0 Å². The molecule has 0 radical (unpaired) electrons. The van der Waals surface area contributed by atoms with Crippen LogP contribution in [0.25, 0.3) is 0 Å². The van der Waals surface area contributed by atoms with Crippen molar-refractivity contribution in [1.82, 2.24) is 41.5 Å². The highest BCUT2D eigenvalue weighted by Crippen LogP contribution is 2.21. The molecule has 0 spiro atoms. The van der Waals surface area contributed by atoms with Crippen molar-refractivity contribution in [2.45, 2.75) is 129 Å². The summed E-state index contributed by atoms with van der Waals surface area (Å²) in [7, 11) is 0. The summed E-state index contributed by atoms with van der Waals surface area (Å²) in [5.74, 6) is -6.20. The Hall–Kier alpha value is -5.52. The highest BCUT2D eigenvalue weighted by Gasteiger charge is 2.41. The number of likely N-dealkylation sites (tertiary alicyclic amines) is 1. The maximum atomic E-state index is 14.3. The third kappa shape index (κ3) is 13.0. The number of benzene rings is 1. The maximum Gasteiger partial charge on any atom is 0.326 e. The minimum atomic E-state index is -1.25. The van der Waals surface area contributed by atoms with Gasteiger partial charge in [0.05, 0.1) is 12.4 Å². The van der Waals surface area contributed by atoms with Crippen LogP contribution in [-0.2, 0) is 46.4 Å². The quantitative estimate of drug-likeness (QED) is 0.0837. The van der Waals surface area contributed by atoms with Crippen LogP contribution in [0.5, 0.6) is 5.75 Å². The molecular formula is C40H61N9O9. The first-order valence-corrected chi connectivity index (χ1v) is 19.9. The SMILES string of the molecule is CC[C@H](C)[C@H](NC(=O)[C@@H]1CCCN1C(=O)[C@H](Cc1cnc[nH]1)NC(=O)[C@@H](NC(=O)[C@H](Cc1ccc(O)cc1)NC(=O)[C@@H](NC(=O)[C@@H](C)N)C(C)C)[C@@H](C)CC)C(=O)O. The van der Waals surface area contributed by atoms with Crippen LogP contribution in [0, 0.1) is 17.8 Å². The van der Waals surface area contributed by atoms with Crippen LogP contribution in [0.3, 0.4) is 0 Å². The number of carboxylic acid groups (broad SMARTS) is 1. The lowest BCUT2D eigenvalue weighted by atomic mass is 9.96. The largest absolute Gasteiger partial charge is 0.508 e. The summed E-state index contributed by atoms with van der Waals surface area (Å²) in [4.78, 5) is 103. The molecule has 3 rings (SSSR count). The second-order valence-corrected chi connectivity index (χ2v) is 15.6. The smallest absolute Gasteiger partial charge is 0.326 e. The molecule has 9 atom stereocenters. The molecule has 2 heterocycles. The first-order valence-electron chi connectivity index (χ1n) is 19.9. The minimum Gasteiger partial charge on any atom is -0.508 e. The third-order valence-corrected chi connectivity index (χ3v) is 10.7. The molecule has 18 heteroatoms. The van der Waals surface area contributed by atoms with Crippen molar-refractivity contribution in [2.75, 3.05) is 6.54 Å². The zero-order valence-electron chi connectivity index (χ0n) is 34.4. The molecule has 1 fully saturated rings. The number of aromatic amines is 1. The number of nitrogens with two attached hydrogens (primary N) is 1. The average Bonchev–Trinajstić information content (AvgIpc) is 3.90. The molecule has 18 nitrogen and oxygen atoms in total. The van der Waals surface area contributed by atoms with Gasteiger partial charge in [0.1, 0.15) is 42.0 Å². The van der Waals surface area contributed by atoms with Crippen molar-refractivity contribution in [1.29, 1.82) is 0 Å². The fraction of sp³-hybridized carbons (Fsp3) is 0.600. The zero-order chi connectivity index (χ0) is 43.3. The van der Waals surface area contributed by atoms with E-state index in [-0.39, 0.29) is 37.0 Å². The Balaban J connectivity index is 1.91. The molecule has 320 valence electrons. The van der Waals surface area contributed by atoms with Gasteiger partial charge in [-0.1, -0.05) is 66.5 Å². The molecule has 0 bridgehead atoms. The lowest BCUT2D eigenvalue weighted by Crippen LogP contribution is -2.61. The Morgan fingerprint density at radius 1 is 0.793 bits per heavy atom. The van der Waals surface area contributed by atoms with E-state index in [0.717, 1.165) is 0 Å². The van der Waals surface area contributed by atoms with Crippen LogP contribution in [0.2, 0.25) is 0 Å². The van der Waals surface area contributed by atoms with Gasteiger partial charge < -0.3 is 52.4 Å². The average molecular weight is 812 g/mol. The number of H-pyrrole nitrogens is 1. The number of imidazole rings is 1. The second-order valence-electron chi connectivity index (χ2n) is 15.6. The van der Waals surface area contributed by atoms with Gasteiger partial charge in [-0.25, -0.2) is 9.78 Å². The Labute approximate surface area is 339 Å². The Kier molecular flexibility index (Phi) is 17.7. The molecule has 10 N–H and O–H groups in total. The van der Waals surface area contributed by atoms with E-state index in [4.69, 9.17) is 5.73 Å². The second kappa shape index (κ2) is 21.9. The van der Waals surface area contributed by atoms with Crippen molar-refractivity contribution in [3.8, 4) is 5.75 Å². The first-order chi connectivity index (χ1) is 27.4. The van der Waals surface area contributed by atoms with Crippen LogP contribution >= 0.6 is 0 Å². The maximum absolute atomic E-state index is 14.3. The number of aromatic hydroxyl groups is 1. The number of aliphatic carboxylic acids is 1. The van der Waals surface area contributed by atoms with E-state index in [2.05, 4.69) is 36.6 Å². The molecule has 1 aromatic heterocycles. The Morgan fingerprint density at radius 3 is 1.93 bits per heavy atom. The van der Waals surface area contributed by atoms with Crippen molar-refractivity contribution in [3.63, 3.8) is 0 Å². The molecule has 0 saturated carbocycles. The number of phenols is 1. The van der Waals surface area contributed by atoms with Crippen molar-refractivity contribution < 1.29 is 43.8 Å². The fourth-order valence-corrected chi connectivity index (χ4v) is 6.63. The van der Waals surface area contributed by atoms with Gasteiger partial charge in [-0.3, -0.25) is 28.8 Å². The molecule has 1 aliphatic rings. The van der Waals surface area contributed by atoms with Gasteiger partial charge in [0, 0.05) is 31.3 Å². The highest BCUT2D eigenvalue weighted by atomic mass is 16.4. The number of hydrogen-bond donors (Lipinski definition) is 9. The molecule has 1 aliphatic heterocycles. The molecule has 1 saturated heterocycles. The van der Waals surface area contributed by atoms with Crippen LogP contribution in [0.4, 0.5) is 0 Å². The number of nitrogens with one attached hydrogen (secondary N) is 6. The third-order valence-electron chi connectivity index (χ3n) is 10.7. The normalized spacial score (nSPS) is 18.1. The van der Waals surface area contributed by atoms with Crippen LogP contribution in [-0.4, -0.2) is 115 Å². The zero-order valence-corrected chi connectivity index (χ0v) is 34.4. The van der Waals surface area contributed by atoms with E-state index < -0.39 is 89.6 Å². The Morgan fingerprint density at radius 2 is 1.38 bits per heavy atom. The van der Waals surface area contributed by atoms with Gasteiger partial charge >= 0.3 is 5.97 Å². The summed E-state index contributed by atoms with van der Waals surface area (Å²) >= 11 is 0. The number of aromatic nitrogens is 2. The monoisotopic (exact) mass is 811 g/mol. The number of rotatable bonds is 21. The summed E-state index contributed by atoms with van der Waals surface area (Å²) in [5, 5.41) is 33.2. The molecule has 2 aromatic rings. The molecule has 58 heavy (non-hydrogen) atoms. The van der Waals surface area contributed by atoms with E-state index in [1.165, 1.54) is 36.5 Å². The van der Waals surface area contributed by atoms with Gasteiger partial charge in [-0.15, -0.1) is 0 Å². The number of carboxylic acids is 1. The van der Waals surface area contributed by atoms with Gasteiger partial charge in [0.25, 0.3) is 0 Å². The standard InChI is InChI=1S/C40H61N9O9/c1-8-22(5)32(47-35(52)28(17-25-12-14-27(50)15-13-25)44-37(54)31(21(3)4)46-34(51)24(7)41)38(55)45-29(18-26-19-42-20-43-26)39(56)49-16-10-11-30(49)36(53)48-33(40(57)58)23(6)9-2/h12-15,19-24,28-33,50H,8-11,16-18,41H2,1-7H3,(H,42,43)(H,44,54)(H,45,55)(H,46,51)(H,47,52)(H,48,53)(H,57,58)/t22-,23-,24+,28-,29-,30-,31-,32-,33-/m0/s1. The molecule has 0 unspecified atom stereocenters. The molecule has 1 aromatic carbocycles. The number of amides is 6. The number of carbonyl (C=O) groups is 7. The predicted molar refractivity (Wildman–Crippen MR) is 214 cm³/mol. The van der Waals surface area contributed by atoms with Gasteiger partial charge in [0.2, 0.25) is 35.4 Å². The fourth-order valence-electron chi connectivity index (χ4n) is 6.63. The lowest BCUT2D eigenvalue weighted by Gasteiger charge is -2.32. The van der Waals surface area contributed by atoms with E-state index >= 15 is 0 Å². The Bertz CT molecular complexity index is 1720. The summed E-state index contributed by atoms with van der Waals surface area (Å²) in [6.07, 6.45) is 4.54. The predicted octanol–water partition coefficient (Wildman–Crippen LogP) is 0.496. The van der Waals surface area contributed by atoms with Crippen molar-refractivity contribution in [2.24, 2.45) is 23.5 Å². The molecule has 6 amide bonds. The number of phenolic OH excluding ortho intramolecular Hbond substituents is 1. The van der Waals surface area contributed by atoms with Crippen LogP contribution < -0.4 is 32.3 Å². The number of carbonyl (C=O) groups excluding carboxylic acids is 6. The topological polar surface area (TPSA) is 278 Å².